The molecule has 1 aliphatic carbocycles. The van der Waals surface area contributed by atoms with Crippen molar-refractivity contribution in [3.05, 3.63) is 23.8 Å². The fraction of sp³-hybridized carbons (Fsp3) is 0.474. The van der Waals surface area contributed by atoms with Crippen molar-refractivity contribution in [3.63, 3.8) is 0 Å². The lowest BCUT2D eigenvalue weighted by Gasteiger charge is -2.21. The average molecular weight is 387 g/mol. The van der Waals surface area contributed by atoms with Gasteiger partial charge in [-0.25, -0.2) is 4.79 Å². The number of nitrogens with one attached hydrogen (secondary N) is 1. The predicted molar refractivity (Wildman–Crippen MR) is 96.6 cm³/mol. The lowest BCUT2D eigenvalue weighted by atomic mass is 10.00. The summed E-state index contributed by atoms with van der Waals surface area (Å²) < 4.78 is 15.4. The van der Waals surface area contributed by atoms with E-state index in [9.17, 15) is 14.9 Å². The van der Waals surface area contributed by atoms with Crippen LogP contribution >= 0.6 is 0 Å². The van der Waals surface area contributed by atoms with Gasteiger partial charge in [0.05, 0.1) is 11.8 Å². The molecule has 1 aromatic rings. The second-order valence-electron chi connectivity index (χ2n) is 6.63. The molecule has 9 nitrogen and oxygen atoms in total. The van der Waals surface area contributed by atoms with E-state index < -0.39 is 30.6 Å². The SMILES string of the molecule is C/C(=N/OCC(=O)OCC(=O)NC1(C#N)CCCC1)c1ccc2c(c1)OCO2. The monoisotopic (exact) mass is 387 g/mol. The molecule has 0 unspecified atom stereocenters. The van der Waals surface area contributed by atoms with Crippen molar-refractivity contribution in [2.75, 3.05) is 20.0 Å². The van der Waals surface area contributed by atoms with Crippen molar-refractivity contribution in [2.24, 2.45) is 5.16 Å². The standard InChI is InChI=1S/C19H21N3O6/c1-13(14-4-5-15-16(8-14)27-12-26-15)22-28-10-18(24)25-9-17(23)21-19(11-20)6-2-3-7-19/h4-5,8H,2-3,6-7,9-10,12H2,1H3,(H,21,23)/b22-13-. The first kappa shape index (κ1) is 19.5. The van der Waals surface area contributed by atoms with Gasteiger partial charge in [0.15, 0.2) is 18.1 Å². The molecule has 148 valence electrons. The van der Waals surface area contributed by atoms with Gasteiger partial charge in [0.1, 0.15) is 5.54 Å². The summed E-state index contributed by atoms with van der Waals surface area (Å²) in [5.41, 5.74) is 0.461. The van der Waals surface area contributed by atoms with Crippen molar-refractivity contribution >= 4 is 17.6 Å². The van der Waals surface area contributed by atoms with Crippen LogP contribution in [0.25, 0.3) is 0 Å². The molecule has 0 aromatic heterocycles. The van der Waals surface area contributed by atoms with Crippen LogP contribution in [0.2, 0.25) is 0 Å². The number of hydrogen-bond acceptors (Lipinski definition) is 8. The van der Waals surface area contributed by atoms with Crippen LogP contribution in [0.5, 0.6) is 11.5 Å². The zero-order chi connectivity index (χ0) is 20.0. The molecule has 1 saturated carbocycles. The summed E-state index contributed by atoms with van der Waals surface area (Å²) in [7, 11) is 0. The maximum Gasteiger partial charge on any atom is 0.347 e. The number of fused-ring (bicyclic) bond motifs is 1. The molecule has 2 aliphatic rings. The van der Waals surface area contributed by atoms with Crippen LogP contribution < -0.4 is 14.8 Å². The minimum Gasteiger partial charge on any atom is -0.454 e. The Morgan fingerprint density at radius 1 is 1.25 bits per heavy atom. The van der Waals surface area contributed by atoms with Gasteiger partial charge < -0.3 is 24.4 Å². The Morgan fingerprint density at radius 3 is 2.75 bits per heavy atom. The second-order valence-corrected chi connectivity index (χ2v) is 6.63. The summed E-state index contributed by atoms with van der Waals surface area (Å²) >= 11 is 0. The molecule has 3 rings (SSSR count). The number of amides is 1. The summed E-state index contributed by atoms with van der Waals surface area (Å²) in [5.74, 6) is 0.0524. The maximum absolute atomic E-state index is 11.9. The van der Waals surface area contributed by atoms with Gasteiger partial charge in [-0.15, -0.1) is 0 Å². The fourth-order valence-electron chi connectivity index (χ4n) is 3.09. The number of ether oxygens (including phenoxy) is 3. The summed E-state index contributed by atoms with van der Waals surface area (Å²) in [4.78, 5) is 28.6. The van der Waals surface area contributed by atoms with E-state index in [1.165, 1.54) is 0 Å². The number of nitriles is 1. The Balaban J connectivity index is 1.41. The Kier molecular flexibility index (Phi) is 5.99. The molecular weight excluding hydrogens is 366 g/mol. The minimum atomic E-state index is -0.841. The molecule has 0 atom stereocenters. The Hall–Kier alpha value is -3.28. The van der Waals surface area contributed by atoms with Gasteiger partial charge in [-0.1, -0.05) is 5.16 Å². The van der Waals surface area contributed by atoms with Crippen molar-refractivity contribution in [2.45, 2.75) is 38.1 Å². The highest BCUT2D eigenvalue weighted by atomic mass is 16.7. The van der Waals surface area contributed by atoms with Gasteiger partial charge >= 0.3 is 5.97 Å². The number of rotatable bonds is 7. The van der Waals surface area contributed by atoms with Gasteiger partial charge in [0.25, 0.3) is 5.91 Å². The predicted octanol–water partition coefficient (Wildman–Crippen LogP) is 1.65. The maximum atomic E-state index is 11.9. The number of carbonyl (C=O) groups excluding carboxylic acids is 2. The molecule has 1 fully saturated rings. The van der Waals surface area contributed by atoms with Crippen LogP contribution in [-0.4, -0.2) is 43.1 Å². The molecule has 1 N–H and O–H groups in total. The number of benzene rings is 1. The number of nitrogens with zero attached hydrogens (tertiary/aromatic N) is 2. The van der Waals surface area contributed by atoms with E-state index in [0.717, 1.165) is 18.4 Å². The third-order valence-corrected chi connectivity index (χ3v) is 4.59. The summed E-state index contributed by atoms with van der Waals surface area (Å²) in [6, 6.07) is 7.47. The summed E-state index contributed by atoms with van der Waals surface area (Å²) in [6.07, 6.45) is 3.00. The van der Waals surface area contributed by atoms with Crippen LogP contribution in [0, 0.1) is 11.3 Å². The molecule has 0 bridgehead atoms. The summed E-state index contributed by atoms with van der Waals surface area (Å²) in [5, 5.41) is 15.8. The Morgan fingerprint density at radius 2 is 2.00 bits per heavy atom. The van der Waals surface area contributed by atoms with Gasteiger partial charge in [0, 0.05) is 5.56 Å². The average Bonchev–Trinajstić information content (AvgIpc) is 3.35. The molecule has 1 aromatic carbocycles. The number of oxime groups is 1. The first-order chi connectivity index (χ1) is 13.5. The number of esters is 1. The first-order valence-electron chi connectivity index (χ1n) is 8.96. The fourth-order valence-corrected chi connectivity index (χ4v) is 3.09. The highest BCUT2D eigenvalue weighted by Gasteiger charge is 2.35. The van der Waals surface area contributed by atoms with Crippen molar-refractivity contribution in [1.29, 1.82) is 5.26 Å². The lowest BCUT2D eigenvalue weighted by Crippen LogP contribution is -2.46. The molecular formula is C19H21N3O6. The zero-order valence-corrected chi connectivity index (χ0v) is 15.5. The highest BCUT2D eigenvalue weighted by Crippen LogP contribution is 2.32. The molecule has 1 amide bonds. The molecule has 0 radical (unpaired) electrons. The molecule has 1 heterocycles. The van der Waals surface area contributed by atoms with Crippen molar-refractivity contribution in [3.8, 4) is 17.6 Å². The van der Waals surface area contributed by atoms with Crippen LogP contribution in [-0.2, 0) is 19.2 Å². The molecule has 28 heavy (non-hydrogen) atoms. The quantitative estimate of drug-likeness (QED) is 0.429. The molecule has 9 heteroatoms. The topological polar surface area (TPSA) is 119 Å². The van der Waals surface area contributed by atoms with Gasteiger partial charge in [-0.2, -0.15) is 5.26 Å². The third kappa shape index (κ3) is 4.71. The van der Waals surface area contributed by atoms with Crippen molar-refractivity contribution in [1.82, 2.24) is 5.32 Å². The van der Waals surface area contributed by atoms with Gasteiger partial charge in [0.2, 0.25) is 13.4 Å². The van der Waals surface area contributed by atoms with E-state index in [0.29, 0.717) is 30.1 Å². The second kappa shape index (κ2) is 8.61. The minimum absolute atomic E-state index is 0.181. The highest BCUT2D eigenvalue weighted by molar-refractivity contribution is 5.99. The summed E-state index contributed by atoms with van der Waals surface area (Å²) in [6.45, 7) is 1.01. The van der Waals surface area contributed by atoms with E-state index in [-0.39, 0.29) is 6.79 Å². The molecule has 0 spiro atoms. The van der Waals surface area contributed by atoms with Crippen LogP contribution in [0.4, 0.5) is 0 Å². The molecule has 1 aliphatic heterocycles. The largest absolute Gasteiger partial charge is 0.454 e. The van der Waals surface area contributed by atoms with Crippen LogP contribution in [0.3, 0.4) is 0 Å². The van der Waals surface area contributed by atoms with Crippen LogP contribution in [0.15, 0.2) is 23.4 Å². The van der Waals surface area contributed by atoms with E-state index in [1.54, 1.807) is 25.1 Å². The lowest BCUT2D eigenvalue weighted by molar-refractivity contribution is -0.153. The van der Waals surface area contributed by atoms with E-state index >= 15 is 0 Å². The van der Waals surface area contributed by atoms with E-state index in [2.05, 4.69) is 16.5 Å². The smallest absolute Gasteiger partial charge is 0.347 e. The Labute approximate surface area is 162 Å². The van der Waals surface area contributed by atoms with Crippen LogP contribution in [0.1, 0.15) is 38.2 Å². The first-order valence-corrected chi connectivity index (χ1v) is 8.96. The van der Waals surface area contributed by atoms with Gasteiger partial charge in [-0.05, 0) is 50.8 Å². The molecule has 0 saturated heterocycles. The number of carbonyl (C=O) groups is 2. The van der Waals surface area contributed by atoms with E-state index in [1.807, 2.05) is 0 Å². The van der Waals surface area contributed by atoms with Gasteiger partial charge in [-0.3, -0.25) is 4.79 Å². The van der Waals surface area contributed by atoms with E-state index in [4.69, 9.17) is 19.0 Å². The normalized spacial score (nSPS) is 16.9. The third-order valence-electron chi connectivity index (χ3n) is 4.59. The van der Waals surface area contributed by atoms with Crippen molar-refractivity contribution < 1.29 is 28.6 Å². The zero-order valence-electron chi connectivity index (χ0n) is 15.5. The Bertz CT molecular complexity index is 823. The number of hydrogen-bond donors (Lipinski definition) is 1.